The lowest BCUT2D eigenvalue weighted by atomic mass is 10.4. The van der Waals surface area contributed by atoms with Crippen LogP contribution in [0.2, 0.25) is 5.15 Å². The fourth-order valence-corrected chi connectivity index (χ4v) is 0.893. The van der Waals surface area contributed by atoms with E-state index in [0.717, 1.165) is 5.69 Å². The molecule has 0 saturated heterocycles. The molecule has 0 aliphatic heterocycles. The monoisotopic (exact) mass is 193 g/mol. The van der Waals surface area contributed by atoms with Gasteiger partial charge in [0.05, 0.1) is 5.69 Å². The van der Waals surface area contributed by atoms with E-state index in [0.29, 0.717) is 5.15 Å². The minimum absolute atomic E-state index is 0. The SMILES string of the molecule is CN(N)c1cccnc1Cl.Cl. The summed E-state index contributed by atoms with van der Waals surface area (Å²) in [6.45, 7) is 0. The number of nitrogens with two attached hydrogens (primary N) is 1. The second-order valence-electron chi connectivity index (χ2n) is 1.92. The molecule has 0 fully saturated rings. The van der Waals surface area contributed by atoms with Gasteiger partial charge in [0.2, 0.25) is 0 Å². The topological polar surface area (TPSA) is 42.1 Å². The lowest BCUT2D eigenvalue weighted by Gasteiger charge is -2.11. The molecule has 1 aromatic heterocycles. The van der Waals surface area contributed by atoms with E-state index in [1.807, 2.05) is 0 Å². The fourth-order valence-electron chi connectivity index (χ4n) is 0.641. The molecule has 5 heteroatoms. The first kappa shape index (κ1) is 10.5. The van der Waals surface area contributed by atoms with Crippen LogP contribution in [0.3, 0.4) is 0 Å². The van der Waals surface area contributed by atoms with Crippen LogP contribution in [0.25, 0.3) is 0 Å². The number of pyridine rings is 1. The van der Waals surface area contributed by atoms with Gasteiger partial charge in [-0.15, -0.1) is 12.4 Å². The van der Waals surface area contributed by atoms with E-state index in [1.165, 1.54) is 5.01 Å². The molecule has 1 heterocycles. The number of anilines is 1. The zero-order chi connectivity index (χ0) is 7.56. The maximum atomic E-state index is 5.69. The summed E-state index contributed by atoms with van der Waals surface area (Å²) in [5.41, 5.74) is 0.726. The summed E-state index contributed by atoms with van der Waals surface area (Å²) in [7, 11) is 1.71. The average molecular weight is 194 g/mol. The molecule has 0 aliphatic carbocycles. The van der Waals surface area contributed by atoms with Gasteiger partial charge in [0, 0.05) is 13.2 Å². The average Bonchev–Trinajstić information content (AvgIpc) is 1.88. The minimum atomic E-state index is 0. The third kappa shape index (κ3) is 2.54. The van der Waals surface area contributed by atoms with Crippen molar-refractivity contribution in [1.82, 2.24) is 4.98 Å². The molecule has 0 atom stereocenters. The number of hydrogen-bond acceptors (Lipinski definition) is 3. The summed E-state index contributed by atoms with van der Waals surface area (Å²) >= 11 is 5.69. The number of aromatic nitrogens is 1. The Balaban J connectivity index is 0.000001000. The Bertz CT molecular complexity index is 227. The van der Waals surface area contributed by atoms with Crippen molar-refractivity contribution in [2.24, 2.45) is 5.84 Å². The van der Waals surface area contributed by atoms with Crippen LogP contribution >= 0.6 is 24.0 Å². The Morgan fingerprint density at radius 1 is 1.64 bits per heavy atom. The van der Waals surface area contributed by atoms with Crippen molar-refractivity contribution in [3.05, 3.63) is 23.5 Å². The first-order chi connectivity index (χ1) is 4.72. The van der Waals surface area contributed by atoms with E-state index >= 15 is 0 Å². The van der Waals surface area contributed by atoms with Crippen LogP contribution in [-0.2, 0) is 0 Å². The number of rotatable bonds is 1. The molecular weight excluding hydrogens is 185 g/mol. The number of halogens is 2. The quantitative estimate of drug-likeness (QED) is 0.418. The molecule has 11 heavy (non-hydrogen) atoms. The largest absolute Gasteiger partial charge is 0.311 e. The van der Waals surface area contributed by atoms with Crippen molar-refractivity contribution < 1.29 is 0 Å². The van der Waals surface area contributed by atoms with Crippen molar-refractivity contribution in [3.63, 3.8) is 0 Å². The number of hydrazine groups is 1. The van der Waals surface area contributed by atoms with Crippen molar-refractivity contribution in [2.75, 3.05) is 12.1 Å². The van der Waals surface area contributed by atoms with Gasteiger partial charge in [-0.05, 0) is 12.1 Å². The Hall–Kier alpha value is -0.510. The van der Waals surface area contributed by atoms with Crippen molar-refractivity contribution in [1.29, 1.82) is 0 Å². The van der Waals surface area contributed by atoms with E-state index in [-0.39, 0.29) is 12.4 Å². The van der Waals surface area contributed by atoms with Gasteiger partial charge in [-0.2, -0.15) is 0 Å². The third-order valence-electron chi connectivity index (χ3n) is 1.12. The molecule has 2 N–H and O–H groups in total. The van der Waals surface area contributed by atoms with Crippen molar-refractivity contribution >= 4 is 29.7 Å². The van der Waals surface area contributed by atoms with E-state index in [2.05, 4.69) is 4.98 Å². The molecule has 3 nitrogen and oxygen atoms in total. The van der Waals surface area contributed by atoms with Crippen LogP contribution in [0.1, 0.15) is 0 Å². The standard InChI is InChI=1S/C6H8ClN3.ClH/c1-10(8)5-3-2-4-9-6(5)7;/h2-4H,8H2,1H3;1H. The maximum absolute atomic E-state index is 5.69. The summed E-state index contributed by atoms with van der Waals surface area (Å²) in [6.07, 6.45) is 1.62. The Morgan fingerprint density at radius 3 is 2.64 bits per heavy atom. The summed E-state index contributed by atoms with van der Waals surface area (Å²) in [4.78, 5) is 3.84. The molecule has 0 spiro atoms. The second-order valence-corrected chi connectivity index (χ2v) is 2.28. The predicted octanol–water partition coefficient (Wildman–Crippen LogP) is 1.47. The Labute approximate surface area is 76.5 Å². The summed E-state index contributed by atoms with van der Waals surface area (Å²) in [5, 5.41) is 1.85. The highest BCUT2D eigenvalue weighted by molar-refractivity contribution is 6.31. The van der Waals surface area contributed by atoms with Gasteiger partial charge in [0.1, 0.15) is 0 Å². The highest BCUT2D eigenvalue weighted by atomic mass is 35.5. The van der Waals surface area contributed by atoms with Crippen LogP contribution in [0.15, 0.2) is 18.3 Å². The van der Waals surface area contributed by atoms with Crippen LogP contribution in [0.5, 0.6) is 0 Å². The van der Waals surface area contributed by atoms with E-state index in [1.54, 1.807) is 25.4 Å². The minimum Gasteiger partial charge on any atom is -0.311 e. The smallest absolute Gasteiger partial charge is 0.153 e. The highest BCUT2D eigenvalue weighted by Crippen LogP contribution is 2.18. The lowest BCUT2D eigenvalue weighted by molar-refractivity contribution is 1.01. The highest BCUT2D eigenvalue weighted by Gasteiger charge is 1.99. The van der Waals surface area contributed by atoms with E-state index in [4.69, 9.17) is 17.4 Å². The molecule has 0 aromatic carbocycles. The summed E-state index contributed by atoms with van der Waals surface area (Å²) in [6, 6.07) is 3.58. The summed E-state index contributed by atoms with van der Waals surface area (Å²) in [5.74, 6) is 5.42. The fraction of sp³-hybridized carbons (Fsp3) is 0.167. The molecule has 0 bridgehead atoms. The van der Waals surface area contributed by atoms with Crippen molar-refractivity contribution in [3.8, 4) is 0 Å². The molecule has 62 valence electrons. The van der Waals surface area contributed by atoms with Crippen molar-refractivity contribution in [2.45, 2.75) is 0 Å². The van der Waals surface area contributed by atoms with Gasteiger partial charge in [0.25, 0.3) is 0 Å². The van der Waals surface area contributed by atoms with Gasteiger partial charge in [-0.25, -0.2) is 10.8 Å². The van der Waals surface area contributed by atoms with Gasteiger partial charge >= 0.3 is 0 Å². The van der Waals surface area contributed by atoms with E-state index < -0.39 is 0 Å². The molecular formula is C6H9Cl2N3. The van der Waals surface area contributed by atoms with Crippen LogP contribution in [-0.4, -0.2) is 12.0 Å². The first-order valence-corrected chi connectivity index (χ1v) is 3.18. The molecule has 0 radical (unpaired) electrons. The number of hydrogen-bond donors (Lipinski definition) is 1. The van der Waals surface area contributed by atoms with Gasteiger partial charge < -0.3 is 5.01 Å². The zero-order valence-corrected chi connectivity index (χ0v) is 7.56. The van der Waals surface area contributed by atoms with Gasteiger partial charge in [0.15, 0.2) is 5.15 Å². The Morgan fingerprint density at radius 2 is 2.27 bits per heavy atom. The predicted molar refractivity (Wildman–Crippen MR) is 49.1 cm³/mol. The summed E-state index contributed by atoms with van der Waals surface area (Å²) < 4.78 is 0. The van der Waals surface area contributed by atoms with Crippen LogP contribution in [0, 0.1) is 0 Å². The Kier molecular flexibility index (Phi) is 4.18. The normalized spacial score (nSPS) is 8.64. The van der Waals surface area contributed by atoms with Gasteiger partial charge in [-0.1, -0.05) is 11.6 Å². The third-order valence-corrected chi connectivity index (χ3v) is 1.41. The lowest BCUT2D eigenvalue weighted by Crippen LogP contribution is -2.25. The van der Waals surface area contributed by atoms with E-state index in [9.17, 15) is 0 Å². The molecule has 0 saturated carbocycles. The second kappa shape index (κ2) is 4.38. The van der Waals surface area contributed by atoms with Gasteiger partial charge in [-0.3, -0.25) is 0 Å². The molecule has 0 amide bonds. The van der Waals surface area contributed by atoms with Crippen LogP contribution < -0.4 is 10.9 Å². The van der Waals surface area contributed by atoms with Crippen LogP contribution in [0.4, 0.5) is 5.69 Å². The molecule has 0 aliphatic rings. The molecule has 1 rings (SSSR count). The first-order valence-electron chi connectivity index (χ1n) is 2.81. The molecule has 0 unspecified atom stereocenters. The zero-order valence-electron chi connectivity index (χ0n) is 5.99. The number of nitrogens with zero attached hydrogens (tertiary/aromatic N) is 2. The molecule has 1 aromatic rings. The maximum Gasteiger partial charge on any atom is 0.153 e.